The van der Waals surface area contributed by atoms with Crippen LogP contribution in [0.25, 0.3) is 0 Å². The largest absolute Gasteiger partial charge is 0.399 e. The third kappa shape index (κ3) is 3.86. The van der Waals surface area contributed by atoms with Crippen LogP contribution in [0.2, 0.25) is 0 Å². The average Bonchev–Trinajstić information content (AvgIpc) is 2.23. The lowest BCUT2D eigenvalue weighted by atomic mass is 9.90. The lowest BCUT2D eigenvalue weighted by Crippen LogP contribution is -2.28. The minimum Gasteiger partial charge on any atom is -0.399 e. The van der Waals surface area contributed by atoms with Gasteiger partial charge in [0.15, 0.2) is 0 Å². The first-order valence-electron chi connectivity index (χ1n) is 6.00. The number of anilines is 1. The van der Waals surface area contributed by atoms with Gasteiger partial charge in [-0.05, 0) is 36.0 Å². The van der Waals surface area contributed by atoms with Crippen LogP contribution in [0.5, 0.6) is 0 Å². The highest BCUT2D eigenvalue weighted by Crippen LogP contribution is 2.18. The zero-order valence-corrected chi connectivity index (χ0v) is 10.9. The van der Waals surface area contributed by atoms with E-state index in [1.54, 1.807) is 0 Å². The van der Waals surface area contributed by atoms with Gasteiger partial charge in [0.25, 0.3) is 0 Å². The molecule has 0 aliphatic rings. The summed E-state index contributed by atoms with van der Waals surface area (Å²) in [5.41, 5.74) is 9.50. The van der Waals surface area contributed by atoms with Gasteiger partial charge in [-0.15, -0.1) is 0 Å². The number of hydrogen-bond acceptors (Lipinski definition) is 2. The molecule has 0 saturated carbocycles. The van der Waals surface area contributed by atoms with Crippen molar-refractivity contribution in [3.8, 4) is 0 Å². The second kappa shape index (κ2) is 5.35. The quantitative estimate of drug-likeness (QED) is 0.748. The molecule has 0 bridgehead atoms. The Kier molecular flexibility index (Phi) is 4.36. The minimum absolute atomic E-state index is 0.378. The molecule has 0 heterocycles. The maximum absolute atomic E-state index is 5.79. The summed E-state index contributed by atoms with van der Waals surface area (Å²) in [4.78, 5) is 0. The van der Waals surface area contributed by atoms with E-state index >= 15 is 0 Å². The van der Waals surface area contributed by atoms with E-state index in [4.69, 9.17) is 5.73 Å². The van der Waals surface area contributed by atoms with E-state index in [2.05, 4.69) is 45.1 Å². The number of hydrogen-bond donors (Lipinski definition) is 2. The molecule has 0 aliphatic heterocycles. The summed E-state index contributed by atoms with van der Waals surface area (Å²) in [5.74, 6) is 0. The molecule has 0 amide bonds. The molecule has 16 heavy (non-hydrogen) atoms. The number of aryl methyl sites for hydroxylation is 1. The Balaban J connectivity index is 2.46. The van der Waals surface area contributed by atoms with E-state index in [0.29, 0.717) is 5.41 Å². The van der Waals surface area contributed by atoms with Crippen molar-refractivity contribution in [2.24, 2.45) is 5.41 Å². The number of nitrogen functional groups attached to an aromatic ring is 1. The maximum atomic E-state index is 5.79. The standard InChI is InChI=1S/C14H24N2/c1-5-14(3,4)10-16-9-12-6-7-13(15)11(2)8-12/h6-8,16H,5,9-10,15H2,1-4H3. The van der Waals surface area contributed by atoms with Crippen LogP contribution in [0.4, 0.5) is 5.69 Å². The Hall–Kier alpha value is -1.02. The van der Waals surface area contributed by atoms with E-state index < -0.39 is 0 Å². The molecular formula is C14H24N2. The first kappa shape index (κ1) is 13.0. The second-order valence-electron chi connectivity index (χ2n) is 5.31. The van der Waals surface area contributed by atoms with Gasteiger partial charge in [-0.25, -0.2) is 0 Å². The topological polar surface area (TPSA) is 38.0 Å². The van der Waals surface area contributed by atoms with Crippen molar-refractivity contribution in [1.29, 1.82) is 0 Å². The molecule has 1 rings (SSSR count). The van der Waals surface area contributed by atoms with Gasteiger partial charge in [0.2, 0.25) is 0 Å². The van der Waals surface area contributed by atoms with Crippen molar-refractivity contribution >= 4 is 5.69 Å². The summed E-state index contributed by atoms with van der Waals surface area (Å²) >= 11 is 0. The number of rotatable bonds is 5. The first-order chi connectivity index (χ1) is 7.44. The Bertz CT molecular complexity index is 343. The fourth-order valence-corrected chi connectivity index (χ4v) is 1.52. The van der Waals surface area contributed by atoms with Crippen molar-refractivity contribution in [1.82, 2.24) is 5.32 Å². The van der Waals surface area contributed by atoms with Crippen LogP contribution in [0.3, 0.4) is 0 Å². The molecule has 1 aromatic rings. The van der Waals surface area contributed by atoms with Crippen molar-refractivity contribution in [2.75, 3.05) is 12.3 Å². The molecule has 0 radical (unpaired) electrons. The van der Waals surface area contributed by atoms with Crippen LogP contribution in [-0.2, 0) is 6.54 Å². The molecule has 1 aromatic carbocycles. The molecule has 0 aromatic heterocycles. The van der Waals surface area contributed by atoms with Crippen molar-refractivity contribution in [2.45, 2.75) is 40.7 Å². The highest BCUT2D eigenvalue weighted by atomic mass is 14.9. The van der Waals surface area contributed by atoms with Gasteiger partial charge in [-0.1, -0.05) is 32.9 Å². The minimum atomic E-state index is 0.378. The van der Waals surface area contributed by atoms with E-state index in [-0.39, 0.29) is 0 Å². The fraction of sp³-hybridized carbons (Fsp3) is 0.571. The Labute approximate surface area is 99.2 Å². The van der Waals surface area contributed by atoms with Crippen molar-refractivity contribution < 1.29 is 0 Å². The van der Waals surface area contributed by atoms with Crippen LogP contribution in [-0.4, -0.2) is 6.54 Å². The SMILES string of the molecule is CCC(C)(C)CNCc1ccc(N)c(C)c1. The first-order valence-corrected chi connectivity index (χ1v) is 6.00. The van der Waals surface area contributed by atoms with E-state index in [9.17, 15) is 0 Å². The molecule has 2 heteroatoms. The predicted molar refractivity (Wildman–Crippen MR) is 71.4 cm³/mol. The monoisotopic (exact) mass is 220 g/mol. The molecule has 0 saturated heterocycles. The maximum Gasteiger partial charge on any atom is 0.0343 e. The summed E-state index contributed by atoms with van der Waals surface area (Å²) < 4.78 is 0. The Morgan fingerprint density at radius 2 is 2.00 bits per heavy atom. The number of benzene rings is 1. The van der Waals surface area contributed by atoms with Crippen molar-refractivity contribution in [3.63, 3.8) is 0 Å². The molecule has 0 unspecified atom stereocenters. The van der Waals surface area contributed by atoms with Crippen LogP contribution in [0, 0.1) is 12.3 Å². The molecule has 0 atom stereocenters. The van der Waals surface area contributed by atoms with Gasteiger partial charge in [0.05, 0.1) is 0 Å². The fourth-order valence-electron chi connectivity index (χ4n) is 1.52. The van der Waals surface area contributed by atoms with Crippen LogP contribution < -0.4 is 11.1 Å². The van der Waals surface area contributed by atoms with Crippen molar-refractivity contribution in [3.05, 3.63) is 29.3 Å². The molecule has 2 nitrogen and oxygen atoms in total. The van der Waals surface area contributed by atoms with Gasteiger partial charge in [-0.3, -0.25) is 0 Å². The second-order valence-corrected chi connectivity index (χ2v) is 5.31. The lowest BCUT2D eigenvalue weighted by molar-refractivity contribution is 0.327. The zero-order valence-electron chi connectivity index (χ0n) is 10.9. The summed E-state index contributed by atoms with van der Waals surface area (Å²) in [5, 5.41) is 3.50. The third-order valence-corrected chi connectivity index (χ3v) is 3.22. The zero-order chi connectivity index (χ0) is 12.2. The van der Waals surface area contributed by atoms with E-state index in [1.807, 2.05) is 6.07 Å². The number of nitrogens with one attached hydrogen (secondary N) is 1. The molecular weight excluding hydrogens is 196 g/mol. The average molecular weight is 220 g/mol. The Morgan fingerprint density at radius 3 is 2.56 bits per heavy atom. The van der Waals surface area contributed by atoms with E-state index in [0.717, 1.165) is 24.3 Å². The lowest BCUT2D eigenvalue weighted by Gasteiger charge is -2.23. The summed E-state index contributed by atoms with van der Waals surface area (Å²) in [6, 6.07) is 6.23. The van der Waals surface area contributed by atoms with Crippen LogP contribution in [0.1, 0.15) is 38.3 Å². The molecule has 0 fully saturated rings. The molecule has 0 aliphatic carbocycles. The predicted octanol–water partition coefficient (Wildman–Crippen LogP) is 3.10. The molecule has 0 spiro atoms. The third-order valence-electron chi connectivity index (χ3n) is 3.22. The summed E-state index contributed by atoms with van der Waals surface area (Å²) in [7, 11) is 0. The summed E-state index contributed by atoms with van der Waals surface area (Å²) in [6.07, 6.45) is 1.20. The Morgan fingerprint density at radius 1 is 1.31 bits per heavy atom. The highest BCUT2D eigenvalue weighted by Gasteiger charge is 2.13. The highest BCUT2D eigenvalue weighted by molar-refractivity contribution is 5.47. The normalized spacial score (nSPS) is 11.8. The molecule has 3 N–H and O–H groups in total. The number of nitrogens with two attached hydrogens (primary N) is 1. The van der Waals surface area contributed by atoms with Crippen LogP contribution in [0.15, 0.2) is 18.2 Å². The van der Waals surface area contributed by atoms with Gasteiger partial charge in [0.1, 0.15) is 0 Å². The van der Waals surface area contributed by atoms with E-state index in [1.165, 1.54) is 12.0 Å². The van der Waals surface area contributed by atoms with Gasteiger partial charge in [-0.2, -0.15) is 0 Å². The smallest absolute Gasteiger partial charge is 0.0343 e. The van der Waals surface area contributed by atoms with Crippen LogP contribution >= 0.6 is 0 Å². The van der Waals surface area contributed by atoms with Gasteiger partial charge in [0, 0.05) is 18.8 Å². The van der Waals surface area contributed by atoms with Gasteiger partial charge < -0.3 is 11.1 Å². The molecule has 90 valence electrons. The van der Waals surface area contributed by atoms with Gasteiger partial charge >= 0.3 is 0 Å². The summed E-state index contributed by atoms with van der Waals surface area (Å²) in [6.45, 7) is 10.8.